The molecule has 0 aliphatic carbocycles. The van der Waals surface area contributed by atoms with Crippen LogP contribution in [0.1, 0.15) is 11.3 Å². The van der Waals surface area contributed by atoms with Crippen molar-refractivity contribution >= 4 is 28.1 Å². The van der Waals surface area contributed by atoms with Crippen molar-refractivity contribution in [2.45, 2.75) is 0 Å². The largest absolute Gasteiger partial charge is 0.444 e. The molecule has 0 N–H and O–H groups in total. The minimum absolute atomic E-state index is 0.757. The Morgan fingerprint density at radius 1 is 1.14 bits per heavy atom. The zero-order valence-corrected chi connectivity index (χ0v) is 8.94. The second-order valence-corrected chi connectivity index (χ2v) is 3.70. The van der Waals surface area contributed by atoms with E-state index in [4.69, 9.17) is 4.42 Å². The highest BCUT2D eigenvalue weighted by molar-refractivity contribution is 9.10. The molecule has 0 radical (unpaired) electrons. The van der Waals surface area contributed by atoms with Gasteiger partial charge >= 0.3 is 0 Å². The van der Waals surface area contributed by atoms with Gasteiger partial charge in [-0.25, -0.2) is 4.98 Å². The maximum atomic E-state index is 5.07. The Bertz CT molecular complexity index is 417. The van der Waals surface area contributed by atoms with Crippen molar-refractivity contribution in [3.05, 3.63) is 52.7 Å². The van der Waals surface area contributed by atoms with Crippen LogP contribution >= 0.6 is 15.9 Å². The van der Waals surface area contributed by atoms with E-state index >= 15 is 0 Å². The average molecular weight is 250 g/mol. The summed E-state index contributed by atoms with van der Waals surface area (Å²) in [7, 11) is 0. The molecule has 0 saturated carbocycles. The summed E-state index contributed by atoms with van der Waals surface area (Å²) in [6, 6.07) is 8.05. The summed E-state index contributed by atoms with van der Waals surface area (Å²) in [5.74, 6) is 0.757. The Kier molecular flexibility index (Phi) is 2.79. The molecule has 1 aromatic heterocycles. The number of oxazole rings is 1. The molecule has 14 heavy (non-hydrogen) atoms. The molecular formula is C11H8BrNO. The molecule has 0 aliphatic rings. The fourth-order valence-corrected chi connectivity index (χ4v) is 1.32. The summed E-state index contributed by atoms with van der Waals surface area (Å²) < 4.78 is 6.15. The summed E-state index contributed by atoms with van der Waals surface area (Å²) >= 11 is 3.38. The van der Waals surface area contributed by atoms with Crippen LogP contribution in [-0.2, 0) is 0 Å². The van der Waals surface area contributed by atoms with Crippen molar-refractivity contribution in [1.82, 2.24) is 4.98 Å². The van der Waals surface area contributed by atoms with E-state index in [0.29, 0.717) is 0 Å². The number of benzene rings is 1. The Morgan fingerprint density at radius 2 is 1.93 bits per heavy atom. The molecule has 2 nitrogen and oxygen atoms in total. The summed E-state index contributed by atoms with van der Waals surface area (Å²) in [5, 5.41) is 0. The van der Waals surface area contributed by atoms with Crippen LogP contribution < -0.4 is 0 Å². The lowest BCUT2D eigenvalue weighted by Crippen LogP contribution is -1.70. The average Bonchev–Trinajstić information content (AvgIpc) is 2.70. The standard InChI is InChI=1S/C11H8BrNO/c12-10-4-1-9(2-5-10)3-6-11-7-13-8-14-11/h1-8H. The lowest BCUT2D eigenvalue weighted by Gasteiger charge is -1.92. The van der Waals surface area contributed by atoms with Gasteiger partial charge in [0, 0.05) is 4.47 Å². The van der Waals surface area contributed by atoms with Crippen molar-refractivity contribution in [3.63, 3.8) is 0 Å². The van der Waals surface area contributed by atoms with Crippen LogP contribution in [0.15, 0.2) is 45.7 Å². The third-order valence-corrected chi connectivity index (χ3v) is 2.29. The third kappa shape index (κ3) is 2.33. The van der Waals surface area contributed by atoms with E-state index in [1.54, 1.807) is 6.20 Å². The maximum Gasteiger partial charge on any atom is 0.181 e. The molecule has 1 heterocycles. The van der Waals surface area contributed by atoms with E-state index in [1.807, 2.05) is 36.4 Å². The van der Waals surface area contributed by atoms with Crippen molar-refractivity contribution in [3.8, 4) is 0 Å². The molecule has 0 spiro atoms. The number of halogens is 1. The lowest BCUT2D eigenvalue weighted by molar-refractivity contribution is 0.548. The molecule has 0 aliphatic heterocycles. The number of nitrogens with zero attached hydrogens (tertiary/aromatic N) is 1. The molecule has 3 heteroatoms. The van der Waals surface area contributed by atoms with Crippen molar-refractivity contribution in [2.24, 2.45) is 0 Å². The Morgan fingerprint density at radius 3 is 2.57 bits per heavy atom. The molecule has 0 atom stereocenters. The first-order chi connectivity index (χ1) is 6.84. The Balaban J connectivity index is 2.15. The van der Waals surface area contributed by atoms with Gasteiger partial charge in [-0.05, 0) is 23.8 Å². The van der Waals surface area contributed by atoms with E-state index < -0.39 is 0 Å². The van der Waals surface area contributed by atoms with Gasteiger partial charge in [-0.15, -0.1) is 0 Å². The van der Waals surface area contributed by atoms with Crippen molar-refractivity contribution in [2.75, 3.05) is 0 Å². The van der Waals surface area contributed by atoms with Gasteiger partial charge in [-0.1, -0.05) is 34.1 Å². The molecule has 0 fully saturated rings. The molecule has 0 unspecified atom stereocenters. The SMILES string of the molecule is Brc1ccc(C=Cc2cnco2)cc1. The number of rotatable bonds is 2. The van der Waals surface area contributed by atoms with Crippen LogP contribution in [0, 0.1) is 0 Å². The van der Waals surface area contributed by atoms with Crippen LogP contribution in [-0.4, -0.2) is 4.98 Å². The van der Waals surface area contributed by atoms with E-state index in [2.05, 4.69) is 20.9 Å². The second kappa shape index (κ2) is 4.24. The minimum Gasteiger partial charge on any atom is -0.444 e. The van der Waals surface area contributed by atoms with Gasteiger partial charge in [0.2, 0.25) is 0 Å². The predicted octanol–water partition coefficient (Wildman–Crippen LogP) is 3.61. The third-order valence-electron chi connectivity index (χ3n) is 1.76. The van der Waals surface area contributed by atoms with Gasteiger partial charge in [-0.3, -0.25) is 0 Å². The van der Waals surface area contributed by atoms with E-state index in [-0.39, 0.29) is 0 Å². The number of hydrogen-bond acceptors (Lipinski definition) is 2. The maximum absolute atomic E-state index is 5.07. The first-order valence-corrected chi connectivity index (χ1v) is 4.96. The molecule has 0 bridgehead atoms. The van der Waals surface area contributed by atoms with Gasteiger partial charge in [0.1, 0.15) is 5.76 Å². The molecule has 2 aromatic rings. The minimum atomic E-state index is 0.757. The van der Waals surface area contributed by atoms with Gasteiger partial charge < -0.3 is 4.42 Å². The highest BCUT2D eigenvalue weighted by atomic mass is 79.9. The normalized spacial score (nSPS) is 10.9. The van der Waals surface area contributed by atoms with Crippen molar-refractivity contribution < 1.29 is 4.42 Å². The molecule has 0 amide bonds. The summed E-state index contributed by atoms with van der Waals surface area (Å²) in [6.45, 7) is 0. The summed E-state index contributed by atoms with van der Waals surface area (Å²) in [5.41, 5.74) is 1.13. The van der Waals surface area contributed by atoms with Crippen LogP contribution in [0.3, 0.4) is 0 Å². The zero-order valence-electron chi connectivity index (χ0n) is 7.35. The first kappa shape index (κ1) is 9.21. The molecule has 0 saturated heterocycles. The molecule has 1 aromatic carbocycles. The molecule has 70 valence electrons. The smallest absolute Gasteiger partial charge is 0.181 e. The van der Waals surface area contributed by atoms with Gasteiger partial charge in [0.05, 0.1) is 6.20 Å². The van der Waals surface area contributed by atoms with E-state index in [1.165, 1.54) is 6.39 Å². The fraction of sp³-hybridized carbons (Fsp3) is 0. The first-order valence-electron chi connectivity index (χ1n) is 4.17. The highest BCUT2D eigenvalue weighted by Crippen LogP contribution is 2.12. The van der Waals surface area contributed by atoms with Gasteiger partial charge in [0.25, 0.3) is 0 Å². The predicted molar refractivity (Wildman–Crippen MR) is 59.6 cm³/mol. The quantitative estimate of drug-likeness (QED) is 0.813. The van der Waals surface area contributed by atoms with Crippen LogP contribution in [0.2, 0.25) is 0 Å². The van der Waals surface area contributed by atoms with Crippen LogP contribution in [0.4, 0.5) is 0 Å². The lowest BCUT2D eigenvalue weighted by atomic mass is 10.2. The van der Waals surface area contributed by atoms with E-state index in [9.17, 15) is 0 Å². The highest BCUT2D eigenvalue weighted by Gasteiger charge is 1.90. The van der Waals surface area contributed by atoms with Gasteiger partial charge in [0.15, 0.2) is 6.39 Å². The monoisotopic (exact) mass is 249 g/mol. The van der Waals surface area contributed by atoms with E-state index in [0.717, 1.165) is 15.8 Å². The Hall–Kier alpha value is -1.35. The van der Waals surface area contributed by atoms with Crippen LogP contribution in [0.5, 0.6) is 0 Å². The fourth-order valence-electron chi connectivity index (χ4n) is 1.06. The zero-order chi connectivity index (χ0) is 9.80. The number of hydrogen-bond donors (Lipinski definition) is 0. The topological polar surface area (TPSA) is 26.0 Å². The summed E-state index contributed by atoms with van der Waals surface area (Å²) in [6.07, 6.45) is 6.96. The van der Waals surface area contributed by atoms with Gasteiger partial charge in [-0.2, -0.15) is 0 Å². The second-order valence-electron chi connectivity index (χ2n) is 2.79. The van der Waals surface area contributed by atoms with Crippen LogP contribution in [0.25, 0.3) is 12.2 Å². The Labute approximate surface area is 90.4 Å². The summed E-state index contributed by atoms with van der Waals surface area (Å²) in [4.78, 5) is 3.82. The molecule has 2 rings (SSSR count). The number of aromatic nitrogens is 1. The van der Waals surface area contributed by atoms with Crippen molar-refractivity contribution in [1.29, 1.82) is 0 Å². The molecular weight excluding hydrogens is 242 g/mol.